The summed E-state index contributed by atoms with van der Waals surface area (Å²) in [6, 6.07) is 28.8. The molecule has 0 fully saturated rings. The van der Waals surface area contributed by atoms with E-state index < -0.39 is 0 Å². The summed E-state index contributed by atoms with van der Waals surface area (Å²) in [5, 5.41) is 3.04. The molecular weight excluding hydrogens is 510 g/mol. The van der Waals surface area contributed by atoms with Crippen LogP contribution in [0.3, 0.4) is 0 Å². The highest BCUT2D eigenvalue weighted by Gasteiger charge is 2.10. The second kappa shape index (κ2) is 26.7. The third-order valence-corrected chi connectivity index (χ3v) is 5.78. The van der Waals surface area contributed by atoms with Gasteiger partial charge in [-0.15, -0.1) is 25.5 Å². The summed E-state index contributed by atoms with van der Waals surface area (Å²) in [6.45, 7) is 25.8. The highest BCUT2D eigenvalue weighted by atomic mass is 15.0. The number of nitrogens with two attached hydrogens (primary N) is 1. The van der Waals surface area contributed by atoms with Crippen molar-refractivity contribution in [2.75, 3.05) is 5.73 Å². The number of aliphatic imine (C=N–C) groups is 1. The lowest BCUT2D eigenvalue weighted by Crippen LogP contribution is -2.17. The molecule has 3 nitrogen and oxygen atoms in total. The summed E-state index contributed by atoms with van der Waals surface area (Å²) < 4.78 is 0. The lowest BCUT2D eigenvalue weighted by molar-refractivity contribution is 0.848. The van der Waals surface area contributed by atoms with Crippen LogP contribution in [0.15, 0.2) is 133 Å². The maximum Gasteiger partial charge on any atom is 0.0926 e. The highest BCUT2D eigenvalue weighted by Crippen LogP contribution is 2.23. The zero-order valence-corrected chi connectivity index (χ0v) is 26.9. The van der Waals surface area contributed by atoms with Crippen molar-refractivity contribution in [2.45, 2.75) is 66.7 Å². The third-order valence-electron chi connectivity index (χ3n) is 5.78. The van der Waals surface area contributed by atoms with Gasteiger partial charge in [-0.05, 0) is 54.2 Å². The van der Waals surface area contributed by atoms with Crippen molar-refractivity contribution in [3.05, 3.63) is 145 Å². The fourth-order valence-electron chi connectivity index (χ4n) is 3.69. The Hall–Kier alpha value is -4.55. The lowest BCUT2D eigenvalue weighted by Gasteiger charge is -2.17. The van der Waals surface area contributed by atoms with Gasteiger partial charge in [-0.25, -0.2) is 4.99 Å². The van der Waals surface area contributed by atoms with Crippen LogP contribution in [-0.2, 0) is 0 Å². The maximum absolute atomic E-state index is 5.45. The van der Waals surface area contributed by atoms with Gasteiger partial charge in [0.2, 0.25) is 0 Å². The highest BCUT2D eigenvalue weighted by molar-refractivity contribution is 5.64. The number of terminal acetylenes is 1. The summed E-state index contributed by atoms with van der Waals surface area (Å²) in [4.78, 5) is 4.28. The Morgan fingerprint density at radius 1 is 0.905 bits per heavy atom. The van der Waals surface area contributed by atoms with Gasteiger partial charge >= 0.3 is 0 Å². The zero-order chi connectivity index (χ0) is 32.2. The molecule has 0 bridgehead atoms. The summed E-state index contributed by atoms with van der Waals surface area (Å²) in [6.07, 6.45) is 11.3. The van der Waals surface area contributed by atoms with E-state index in [1.165, 1.54) is 22.4 Å². The van der Waals surface area contributed by atoms with E-state index in [9.17, 15) is 0 Å². The Labute approximate surface area is 257 Å². The van der Waals surface area contributed by atoms with E-state index in [0.717, 1.165) is 36.2 Å². The molecule has 0 saturated carbocycles. The molecule has 0 radical (unpaired) electrons. The molecule has 1 heterocycles. The molecule has 0 amide bonds. The molecule has 0 spiro atoms. The Kier molecular flexibility index (Phi) is 25.1. The van der Waals surface area contributed by atoms with E-state index in [1.54, 1.807) is 19.3 Å². The fraction of sp³-hybridized carbons (Fsp3) is 0.256. The van der Waals surface area contributed by atoms with Gasteiger partial charge in [0.15, 0.2) is 0 Å². The number of benzene rings is 3. The van der Waals surface area contributed by atoms with Crippen LogP contribution in [0.2, 0.25) is 0 Å². The minimum absolute atomic E-state index is 0.484. The molecule has 0 aliphatic carbocycles. The van der Waals surface area contributed by atoms with Crippen LogP contribution >= 0.6 is 0 Å². The molecule has 224 valence electrons. The number of nitrogens with zero attached hydrogens (tertiary/aromatic N) is 1. The molecular formula is C39H53N3. The van der Waals surface area contributed by atoms with E-state index in [2.05, 4.69) is 130 Å². The van der Waals surface area contributed by atoms with Crippen molar-refractivity contribution in [1.82, 2.24) is 5.32 Å². The number of rotatable bonds is 6. The first-order valence-corrected chi connectivity index (χ1v) is 14.6. The van der Waals surface area contributed by atoms with Crippen LogP contribution < -0.4 is 11.1 Å². The molecule has 4 rings (SSSR count). The first-order chi connectivity index (χ1) is 20.4. The standard InChI is InChI=1S/C14H14.C10H16N2.C8H9N.C3H4.C2H6.C2H4/c1-12(13-8-4-2-5-9-13)14-10-6-3-7-11-14;1-4-6-9-8(3)11-7-12-10(9)5-2;1-2-7-3-5-8(9)6-4-7;1-3-2;2*1-2/h2-12H,1H3;7H,3-6H2,1-2H3,(H,11,12);2-6H,1,9H2;1H,2H3;1-2H3;1-2H2. The molecule has 0 atom stereocenters. The van der Waals surface area contributed by atoms with E-state index in [1.807, 2.05) is 38.1 Å². The molecule has 3 aromatic rings. The molecule has 0 aromatic heterocycles. The second-order valence-electron chi connectivity index (χ2n) is 8.61. The Bertz CT molecular complexity index is 1160. The number of allylic oxidation sites excluding steroid dienone is 2. The van der Waals surface area contributed by atoms with Crippen molar-refractivity contribution >= 4 is 18.1 Å². The first kappa shape index (κ1) is 39.6. The summed E-state index contributed by atoms with van der Waals surface area (Å²) in [5.41, 5.74) is 13.6. The van der Waals surface area contributed by atoms with Gasteiger partial charge in [0.1, 0.15) is 0 Å². The molecule has 42 heavy (non-hydrogen) atoms. The van der Waals surface area contributed by atoms with Gasteiger partial charge in [-0.2, -0.15) is 0 Å². The van der Waals surface area contributed by atoms with E-state index in [4.69, 9.17) is 5.73 Å². The van der Waals surface area contributed by atoms with Crippen LogP contribution in [0.25, 0.3) is 6.08 Å². The second-order valence-corrected chi connectivity index (χ2v) is 8.61. The summed E-state index contributed by atoms with van der Waals surface area (Å²) in [7, 11) is 0. The molecule has 3 aromatic carbocycles. The van der Waals surface area contributed by atoms with Crippen LogP contribution in [0.4, 0.5) is 5.69 Å². The SMILES string of the molecule is C#CC.C=C.C=C1NC=NC(CC)=C1CCC.C=Cc1ccc(N)cc1.CC.CC(c1ccccc1)c1ccccc1. The number of hydrogen-bond donors (Lipinski definition) is 2. The zero-order valence-electron chi connectivity index (χ0n) is 26.9. The van der Waals surface area contributed by atoms with E-state index in [-0.39, 0.29) is 0 Å². The number of hydrogen-bond acceptors (Lipinski definition) is 3. The maximum atomic E-state index is 5.45. The number of nitrogen functional groups attached to an aromatic ring is 1. The van der Waals surface area contributed by atoms with Crippen LogP contribution in [0, 0.1) is 12.3 Å². The fourth-order valence-corrected chi connectivity index (χ4v) is 3.69. The van der Waals surface area contributed by atoms with Crippen molar-refractivity contribution in [3.63, 3.8) is 0 Å². The van der Waals surface area contributed by atoms with Crippen molar-refractivity contribution in [1.29, 1.82) is 0 Å². The van der Waals surface area contributed by atoms with Gasteiger partial charge in [-0.3, -0.25) is 0 Å². The Morgan fingerprint density at radius 2 is 1.36 bits per heavy atom. The summed E-state index contributed by atoms with van der Waals surface area (Å²) in [5.74, 6) is 2.73. The predicted molar refractivity (Wildman–Crippen MR) is 191 cm³/mol. The number of anilines is 1. The topological polar surface area (TPSA) is 50.4 Å². The quantitative estimate of drug-likeness (QED) is 0.178. The van der Waals surface area contributed by atoms with E-state index in [0.29, 0.717) is 5.92 Å². The van der Waals surface area contributed by atoms with Crippen LogP contribution in [0.5, 0.6) is 0 Å². The minimum Gasteiger partial charge on any atom is -0.399 e. The lowest BCUT2D eigenvalue weighted by atomic mass is 9.93. The smallest absolute Gasteiger partial charge is 0.0926 e. The number of nitrogens with one attached hydrogen (secondary N) is 1. The van der Waals surface area contributed by atoms with Gasteiger partial charge in [-0.1, -0.05) is 133 Å². The average molecular weight is 564 g/mol. The Morgan fingerprint density at radius 3 is 1.74 bits per heavy atom. The van der Waals surface area contributed by atoms with Gasteiger partial charge in [0, 0.05) is 23.0 Å². The first-order valence-electron chi connectivity index (χ1n) is 14.6. The molecule has 3 heteroatoms. The largest absolute Gasteiger partial charge is 0.399 e. The Balaban J connectivity index is 0. The monoisotopic (exact) mass is 563 g/mol. The third kappa shape index (κ3) is 16.5. The van der Waals surface area contributed by atoms with Crippen molar-refractivity contribution < 1.29 is 0 Å². The minimum atomic E-state index is 0.484. The molecule has 0 saturated heterocycles. The molecule has 1 aliphatic heterocycles. The van der Waals surface area contributed by atoms with Crippen LogP contribution in [0.1, 0.15) is 83.4 Å². The molecule has 3 N–H and O–H groups in total. The van der Waals surface area contributed by atoms with E-state index >= 15 is 0 Å². The summed E-state index contributed by atoms with van der Waals surface area (Å²) >= 11 is 0. The predicted octanol–water partition coefficient (Wildman–Crippen LogP) is 10.8. The van der Waals surface area contributed by atoms with Crippen molar-refractivity contribution in [3.8, 4) is 12.3 Å². The van der Waals surface area contributed by atoms with Crippen molar-refractivity contribution in [2.24, 2.45) is 4.99 Å². The average Bonchev–Trinajstić information content (AvgIpc) is 3.06. The van der Waals surface area contributed by atoms with Gasteiger partial charge < -0.3 is 11.1 Å². The molecule has 1 aliphatic rings. The molecule has 0 unspecified atom stereocenters. The van der Waals surface area contributed by atoms with Gasteiger partial charge in [0.25, 0.3) is 0 Å². The van der Waals surface area contributed by atoms with Crippen LogP contribution in [-0.4, -0.2) is 6.34 Å². The van der Waals surface area contributed by atoms with Gasteiger partial charge in [0.05, 0.1) is 6.34 Å². The normalized spacial score (nSPS) is 10.6.